The van der Waals surface area contributed by atoms with Gasteiger partial charge in [-0.3, -0.25) is 0 Å². The van der Waals surface area contributed by atoms with E-state index in [0.717, 1.165) is 41.5 Å². The van der Waals surface area contributed by atoms with Gasteiger partial charge in [0.15, 0.2) is 0 Å². The summed E-state index contributed by atoms with van der Waals surface area (Å²) in [6.07, 6.45) is 0. The normalized spacial score (nSPS) is 10.9. The molecule has 0 bridgehead atoms. The summed E-state index contributed by atoms with van der Waals surface area (Å²) in [4.78, 5) is 0. The van der Waals surface area contributed by atoms with Crippen molar-refractivity contribution in [1.29, 1.82) is 0 Å². The molecule has 0 aliphatic heterocycles. The van der Waals surface area contributed by atoms with Gasteiger partial charge >= 0.3 is 107 Å². The Labute approximate surface area is 107 Å². The first-order valence-electron chi connectivity index (χ1n) is 4.49. The number of benzene rings is 2. The van der Waals surface area contributed by atoms with E-state index in [1.165, 1.54) is 0 Å². The number of fused-ring (bicyclic) bond motifs is 1. The standard InChI is InChI=1S/C10H7O3S.Na/c11-14(12)13-10-7-3-5-8-4-1-2-6-9(8)10;/h1-6,14H;. The van der Waals surface area contributed by atoms with Gasteiger partial charge in [0.2, 0.25) is 0 Å². The number of thiol groups is 1. The molecule has 3 nitrogen and oxygen atoms in total. The summed E-state index contributed by atoms with van der Waals surface area (Å²) in [5, 5.41) is 1.84. The van der Waals surface area contributed by atoms with Crippen molar-refractivity contribution in [1.82, 2.24) is 0 Å². The molecule has 0 amide bonds. The van der Waals surface area contributed by atoms with Crippen LogP contribution in [0.15, 0.2) is 36.4 Å². The van der Waals surface area contributed by atoms with Gasteiger partial charge < -0.3 is 0 Å². The summed E-state index contributed by atoms with van der Waals surface area (Å²) >= 11 is 0.758. The molecule has 0 aliphatic rings. The Hall–Kier alpha value is -0.550. The van der Waals surface area contributed by atoms with Gasteiger partial charge in [-0.2, -0.15) is 0 Å². The monoisotopic (exact) mass is 230 g/mol. The molecule has 0 unspecified atom stereocenters. The minimum atomic E-state index is -2.84. The van der Waals surface area contributed by atoms with E-state index in [0.29, 0.717) is 5.75 Å². The Kier molecular flexibility index (Phi) is 3.31. The molecule has 0 spiro atoms. The van der Waals surface area contributed by atoms with Crippen LogP contribution in [0, 0.1) is 0 Å². The van der Waals surface area contributed by atoms with Gasteiger partial charge in [-0.15, -0.1) is 0 Å². The second-order valence-corrected chi connectivity index (χ2v) is 4.95. The predicted molar refractivity (Wildman–Crippen MR) is 60.3 cm³/mol. The fourth-order valence-corrected chi connectivity index (χ4v) is 2.65. The van der Waals surface area contributed by atoms with E-state index in [4.69, 9.17) is 4.18 Å². The van der Waals surface area contributed by atoms with Crippen molar-refractivity contribution < 1.29 is 12.6 Å². The Balaban J connectivity index is 2.73. The molecule has 72 valence electrons. The fourth-order valence-electron chi connectivity index (χ4n) is 1.55. The Morgan fingerprint density at radius 2 is 1.80 bits per heavy atom. The predicted octanol–water partition coefficient (Wildman–Crippen LogP) is 0.539. The number of rotatable bonds is 2. The fraction of sp³-hybridized carbons (Fsp3) is 0. The third-order valence-electron chi connectivity index (χ3n) is 2.24. The van der Waals surface area contributed by atoms with E-state index in [2.05, 4.69) is 0 Å². The van der Waals surface area contributed by atoms with Crippen molar-refractivity contribution >= 4 is 52.5 Å². The van der Waals surface area contributed by atoms with Crippen LogP contribution in [0.1, 0.15) is 0 Å². The molecule has 2 rings (SSSR count). The van der Waals surface area contributed by atoms with E-state index in [-0.39, 0.29) is 0 Å². The average molecular weight is 230 g/mol. The van der Waals surface area contributed by atoms with Crippen LogP contribution in [0.4, 0.5) is 0 Å². The topological polar surface area (TPSA) is 43.4 Å². The molecule has 2 aromatic carbocycles. The van der Waals surface area contributed by atoms with E-state index < -0.39 is 11.0 Å². The molecule has 0 aromatic heterocycles. The molecular weight excluding hydrogens is 223 g/mol. The van der Waals surface area contributed by atoms with Gasteiger partial charge in [-0.05, 0) is 0 Å². The summed E-state index contributed by atoms with van der Waals surface area (Å²) < 4.78 is 27.0. The van der Waals surface area contributed by atoms with Crippen LogP contribution in [0.2, 0.25) is 0 Å². The minimum absolute atomic E-state index is 0.482. The summed E-state index contributed by atoms with van der Waals surface area (Å²) in [5.41, 5.74) is 0. The Morgan fingerprint density at radius 3 is 2.53 bits per heavy atom. The Morgan fingerprint density at radius 1 is 1.07 bits per heavy atom. The molecule has 0 atom stereocenters. The second kappa shape index (κ2) is 4.53. The molecule has 15 heavy (non-hydrogen) atoms. The van der Waals surface area contributed by atoms with E-state index in [1.54, 1.807) is 0 Å². The molecule has 0 aliphatic carbocycles. The van der Waals surface area contributed by atoms with Crippen molar-refractivity contribution in [3.8, 4) is 5.75 Å². The molecule has 0 fully saturated rings. The SMILES string of the molecule is O=[SH](=O)Oc1[c]([Na])ccc2ccccc12. The third-order valence-corrected chi connectivity index (χ3v) is 3.36. The van der Waals surface area contributed by atoms with Crippen LogP contribution in [-0.2, 0) is 11.0 Å². The van der Waals surface area contributed by atoms with Gasteiger partial charge in [-0.1, -0.05) is 0 Å². The first kappa shape index (κ1) is 11.0. The van der Waals surface area contributed by atoms with E-state index >= 15 is 0 Å². The molecular formula is C10H7NaO3S. The van der Waals surface area contributed by atoms with E-state index in [1.807, 2.05) is 36.4 Å². The van der Waals surface area contributed by atoms with Crippen molar-refractivity contribution in [3.05, 3.63) is 36.4 Å². The van der Waals surface area contributed by atoms with Crippen molar-refractivity contribution in [2.75, 3.05) is 0 Å². The first-order valence-corrected chi connectivity index (χ1v) is 6.59. The van der Waals surface area contributed by atoms with Gasteiger partial charge in [-0.25, -0.2) is 0 Å². The summed E-state index contributed by atoms with van der Waals surface area (Å²) in [6.45, 7) is 0. The molecule has 0 radical (unpaired) electrons. The molecule has 0 heterocycles. The van der Waals surface area contributed by atoms with Crippen molar-refractivity contribution in [2.24, 2.45) is 0 Å². The summed E-state index contributed by atoms with van der Waals surface area (Å²) in [7, 11) is -2.84. The zero-order valence-corrected chi connectivity index (χ0v) is 11.0. The third kappa shape index (κ3) is 2.34. The summed E-state index contributed by atoms with van der Waals surface area (Å²) in [6, 6.07) is 11.5. The zero-order chi connectivity index (χ0) is 10.8. The zero-order valence-electron chi connectivity index (χ0n) is 8.14. The van der Waals surface area contributed by atoms with Crippen LogP contribution in [0.3, 0.4) is 0 Å². The van der Waals surface area contributed by atoms with Crippen LogP contribution in [0.25, 0.3) is 10.8 Å². The van der Waals surface area contributed by atoms with Crippen molar-refractivity contribution in [3.63, 3.8) is 0 Å². The Bertz CT molecular complexity index is 570. The summed E-state index contributed by atoms with van der Waals surface area (Å²) in [5.74, 6) is 0.482. The van der Waals surface area contributed by atoms with Gasteiger partial charge in [0.05, 0.1) is 0 Å². The average Bonchev–Trinajstić information content (AvgIpc) is 2.22. The molecule has 0 N–H and O–H groups in total. The maximum atomic E-state index is 10.6. The quantitative estimate of drug-likeness (QED) is 0.605. The number of hydrogen-bond acceptors (Lipinski definition) is 3. The van der Waals surface area contributed by atoms with Crippen LogP contribution in [0.5, 0.6) is 5.75 Å². The van der Waals surface area contributed by atoms with Crippen LogP contribution < -0.4 is 7.00 Å². The second-order valence-electron chi connectivity index (χ2n) is 3.25. The van der Waals surface area contributed by atoms with Gasteiger partial charge in [0, 0.05) is 0 Å². The number of hydrogen-bond donors (Lipinski definition) is 1. The van der Waals surface area contributed by atoms with Crippen LogP contribution in [-0.4, -0.2) is 36.3 Å². The van der Waals surface area contributed by atoms with Gasteiger partial charge in [0.25, 0.3) is 0 Å². The molecule has 0 saturated heterocycles. The first-order chi connectivity index (χ1) is 7.18. The van der Waals surface area contributed by atoms with Crippen LogP contribution >= 0.6 is 0 Å². The maximum absolute atomic E-state index is 10.6. The van der Waals surface area contributed by atoms with Gasteiger partial charge in [0.1, 0.15) is 0 Å². The van der Waals surface area contributed by atoms with Crippen molar-refractivity contribution in [2.45, 2.75) is 0 Å². The van der Waals surface area contributed by atoms with E-state index in [9.17, 15) is 8.42 Å². The molecule has 2 aromatic rings. The molecule has 0 saturated carbocycles. The molecule has 5 heteroatoms.